The van der Waals surface area contributed by atoms with Gasteiger partial charge in [0.15, 0.2) is 5.69 Å². The average molecular weight is 406 g/mol. The topological polar surface area (TPSA) is 54.4 Å². The maximum Gasteiger partial charge on any atom is 0.434 e. The molecule has 136 valence electrons. The second kappa shape index (κ2) is 6.51. The van der Waals surface area contributed by atoms with Crippen molar-refractivity contribution >= 4 is 40.5 Å². The summed E-state index contributed by atoms with van der Waals surface area (Å²) in [5.41, 5.74) is -2.29. The summed E-state index contributed by atoms with van der Waals surface area (Å²) >= 11 is 12.0. The van der Waals surface area contributed by atoms with E-state index in [1.807, 2.05) is 0 Å². The zero-order valence-electron chi connectivity index (χ0n) is 13.0. The molecule has 3 rings (SSSR count). The lowest BCUT2D eigenvalue weighted by molar-refractivity contribution is -0.141. The minimum Gasteiger partial charge on any atom is -0.322 e. The molecule has 1 aromatic carbocycles. The van der Waals surface area contributed by atoms with Gasteiger partial charge < -0.3 is 5.32 Å². The van der Waals surface area contributed by atoms with Crippen molar-refractivity contribution in [3.8, 4) is 0 Å². The molecule has 0 aliphatic carbocycles. The number of nitrogens with one attached hydrogen (secondary N) is 1. The highest BCUT2D eigenvalue weighted by atomic mass is 35.5. The van der Waals surface area contributed by atoms with Gasteiger partial charge in [-0.3, -0.25) is 9.79 Å². The van der Waals surface area contributed by atoms with E-state index < -0.39 is 34.7 Å². The molecular formula is C16H9Cl2F4N3O. The van der Waals surface area contributed by atoms with Gasteiger partial charge >= 0.3 is 6.18 Å². The molecule has 0 radical (unpaired) electrons. The number of benzene rings is 1. The Kier molecular flexibility index (Phi) is 4.66. The number of pyridine rings is 1. The van der Waals surface area contributed by atoms with E-state index in [1.165, 1.54) is 19.1 Å². The van der Waals surface area contributed by atoms with E-state index in [-0.39, 0.29) is 27.5 Å². The van der Waals surface area contributed by atoms with Gasteiger partial charge in [-0.15, -0.1) is 0 Å². The van der Waals surface area contributed by atoms with Crippen LogP contribution in [0.3, 0.4) is 0 Å². The molecule has 2 aromatic rings. The van der Waals surface area contributed by atoms with Crippen molar-refractivity contribution in [2.24, 2.45) is 4.99 Å². The first-order valence-electron chi connectivity index (χ1n) is 7.20. The summed E-state index contributed by atoms with van der Waals surface area (Å²) in [7, 11) is 0. The van der Waals surface area contributed by atoms with Crippen LogP contribution in [0.5, 0.6) is 0 Å². The summed E-state index contributed by atoms with van der Waals surface area (Å²) in [5, 5.41) is 1.51. The molecular weight excluding hydrogens is 397 g/mol. The number of carbonyl (C=O) groups excluding carboxylic acids is 1. The summed E-state index contributed by atoms with van der Waals surface area (Å²) in [6, 6.07) is 2.75. The Balaban J connectivity index is 2.39. The molecule has 0 unspecified atom stereocenters. The third-order valence-corrected chi connectivity index (χ3v) is 4.37. The fraction of sp³-hybridized carbons (Fsp3) is 0.188. The van der Waals surface area contributed by atoms with Crippen LogP contribution in [0.2, 0.25) is 10.0 Å². The number of hydrogen-bond acceptors (Lipinski definition) is 3. The molecule has 1 amide bonds. The molecule has 4 nitrogen and oxygen atoms in total. The van der Waals surface area contributed by atoms with Crippen LogP contribution in [0.1, 0.15) is 23.7 Å². The normalized spacial score (nSPS) is 17.3. The van der Waals surface area contributed by atoms with Gasteiger partial charge in [-0.05, 0) is 19.1 Å². The SMILES string of the molecule is C[C@@H]1N=C(c2c(F)cccc2Cl)c2c(cnc(C(F)(F)F)c2Cl)NC1=O. The number of carbonyl (C=O) groups is 1. The minimum absolute atomic E-state index is 0.0855. The number of halogens is 6. The number of fused-ring (bicyclic) bond motifs is 1. The van der Waals surface area contributed by atoms with Gasteiger partial charge in [0, 0.05) is 5.56 Å². The highest BCUT2D eigenvalue weighted by molar-refractivity contribution is 6.40. The van der Waals surface area contributed by atoms with E-state index >= 15 is 0 Å². The van der Waals surface area contributed by atoms with Crippen molar-refractivity contribution in [2.45, 2.75) is 19.1 Å². The number of alkyl halides is 3. The maximum absolute atomic E-state index is 14.4. The summed E-state index contributed by atoms with van der Waals surface area (Å²) in [6.07, 6.45) is -4.04. The van der Waals surface area contributed by atoms with Gasteiger partial charge in [-0.1, -0.05) is 29.3 Å². The summed E-state index contributed by atoms with van der Waals surface area (Å²) in [4.78, 5) is 19.4. The second-order valence-electron chi connectivity index (χ2n) is 5.45. The van der Waals surface area contributed by atoms with Gasteiger partial charge in [0.2, 0.25) is 5.91 Å². The van der Waals surface area contributed by atoms with Crippen LogP contribution in [-0.2, 0) is 11.0 Å². The summed E-state index contributed by atoms with van der Waals surface area (Å²) in [5.74, 6) is -1.42. The zero-order valence-corrected chi connectivity index (χ0v) is 14.5. The predicted molar refractivity (Wildman–Crippen MR) is 89.4 cm³/mol. The average Bonchev–Trinajstić information content (AvgIpc) is 2.64. The molecule has 2 heterocycles. The van der Waals surface area contributed by atoms with Crippen LogP contribution in [0.25, 0.3) is 0 Å². The number of amides is 1. The van der Waals surface area contributed by atoms with E-state index in [0.717, 1.165) is 12.3 Å². The molecule has 0 fully saturated rings. The van der Waals surface area contributed by atoms with Gasteiger partial charge in [0.05, 0.1) is 33.2 Å². The van der Waals surface area contributed by atoms with Gasteiger partial charge in [0.25, 0.3) is 0 Å². The summed E-state index contributed by atoms with van der Waals surface area (Å²) < 4.78 is 54.0. The lowest BCUT2D eigenvalue weighted by atomic mass is 10.00. The number of anilines is 1. The molecule has 0 saturated heterocycles. The first kappa shape index (κ1) is 18.6. The van der Waals surface area contributed by atoms with Crippen molar-refractivity contribution in [1.29, 1.82) is 0 Å². The Morgan fingerprint density at radius 3 is 2.50 bits per heavy atom. The molecule has 1 atom stereocenters. The Morgan fingerprint density at radius 2 is 1.88 bits per heavy atom. The van der Waals surface area contributed by atoms with Crippen LogP contribution in [0.4, 0.5) is 23.2 Å². The second-order valence-corrected chi connectivity index (χ2v) is 6.23. The fourth-order valence-electron chi connectivity index (χ4n) is 2.48. The fourth-order valence-corrected chi connectivity index (χ4v) is 3.08. The molecule has 0 bridgehead atoms. The van der Waals surface area contributed by atoms with E-state index in [0.29, 0.717) is 0 Å². The third kappa shape index (κ3) is 3.14. The van der Waals surface area contributed by atoms with Crippen molar-refractivity contribution < 1.29 is 22.4 Å². The van der Waals surface area contributed by atoms with E-state index in [1.54, 1.807) is 0 Å². The number of hydrogen-bond donors (Lipinski definition) is 1. The first-order valence-corrected chi connectivity index (χ1v) is 7.96. The van der Waals surface area contributed by atoms with Crippen LogP contribution in [-0.4, -0.2) is 22.6 Å². The minimum atomic E-state index is -4.85. The Bertz CT molecular complexity index is 924. The van der Waals surface area contributed by atoms with E-state index in [2.05, 4.69) is 15.3 Å². The number of aliphatic imine (C=N–C) groups is 1. The maximum atomic E-state index is 14.4. The van der Waals surface area contributed by atoms with Crippen LogP contribution in [0.15, 0.2) is 29.4 Å². The van der Waals surface area contributed by atoms with Crippen molar-refractivity contribution in [1.82, 2.24) is 4.98 Å². The highest BCUT2D eigenvalue weighted by Crippen LogP contribution is 2.40. The van der Waals surface area contributed by atoms with E-state index in [4.69, 9.17) is 23.2 Å². The Morgan fingerprint density at radius 1 is 1.19 bits per heavy atom. The Hall–Kier alpha value is -2.19. The first-order chi connectivity index (χ1) is 12.1. The largest absolute Gasteiger partial charge is 0.434 e. The van der Waals surface area contributed by atoms with E-state index in [9.17, 15) is 22.4 Å². The lowest BCUT2D eigenvalue weighted by Gasteiger charge is -2.16. The molecule has 1 N–H and O–H groups in total. The number of aromatic nitrogens is 1. The quantitative estimate of drug-likeness (QED) is 0.697. The van der Waals surface area contributed by atoms with Gasteiger partial charge in [0.1, 0.15) is 11.9 Å². The monoisotopic (exact) mass is 405 g/mol. The number of nitrogens with zero attached hydrogens (tertiary/aromatic N) is 2. The van der Waals surface area contributed by atoms with Crippen LogP contribution < -0.4 is 5.32 Å². The van der Waals surface area contributed by atoms with Gasteiger partial charge in [-0.2, -0.15) is 13.2 Å². The van der Waals surface area contributed by atoms with Crippen molar-refractivity contribution in [3.05, 3.63) is 57.1 Å². The lowest BCUT2D eigenvalue weighted by Crippen LogP contribution is -2.22. The van der Waals surface area contributed by atoms with Crippen LogP contribution >= 0.6 is 23.2 Å². The Labute approximate surface area is 154 Å². The molecule has 26 heavy (non-hydrogen) atoms. The number of rotatable bonds is 1. The molecule has 0 spiro atoms. The molecule has 1 aromatic heterocycles. The smallest absolute Gasteiger partial charge is 0.322 e. The molecule has 1 aliphatic heterocycles. The van der Waals surface area contributed by atoms with Gasteiger partial charge in [-0.25, -0.2) is 9.37 Å². The third-order valence-electron chi connectivity index (χ3n) is 3.68. The van der Waals surface area contributed by atoms with Crippen molar-refractivity contribution in [2.75, 3.05) is 5.32 Å². The molecule has 10 heteroatoms. The summed E-state index contributed by atoms with van der Waals surface area (Å²) in [6.45, 7) is 1.40. The standard InChI is InChI=1S/C16H9Cl2F4N3O/c1-6-15(26)25-9-5-23-14(16(20,21)22)12(18)11(9)13(24-6)10-7(17)3-2-4-8(10)19/h2-6H,1H3,(H,25,26)/t6-/m0/s1. The predicted octanol–water partition coefficient (Wildman–Crippen LogP) is 4.72. The highest BCUT2D eigenvalue weighted by Gasteiger charge is 2.39. The molecule has 0 saturated carbocycles. The zero-order chi connectivity index (χ0) is 19.2. The molecule has 1 aliphatic rings. The van der Waals surface area contributed by atoms with Crippen molar-refractivity contribution in [3.63, 3.8) is 0 Å². The van der Waals surface area contributed by atoms with Crippen LogP contribution in [0, 0.1) is 5.82 Å².